The molecule has 144 valence electrons. The molecule has 26 heavy (non-hydrogen) atoms. The van der Waals surface area contributed by atoms with Crippen LogP contribution >= 0.6 is 12.4 Å². The van der Waals surface area contributed by atoms with Gasteiger partial charge in [-0.1, -0.05) is 18.2 Å². The third kappa shape index (κ3) is 3.17. The first-order valence-electron chi connectivity index (χ1n) is 9.27. The van der Waals surface area contributed by atoms with Crippen LogP contribution in [0, 0.1) is 12.8 Å². The minimum absolute atomic E-state index is 0. The minimum Gasteiger partial charge on any atom is -0.347 e. The Bertz CT molecular complexity index is 880. The van der Waals surface area contributed by atoms with Crippen LogP contribution in [0.25, 0.3) is 10.9 Å². The predicted octanol–water partition coefficient (Wildman–Crippen LogP) is 3.06. The first-order valence-corrected chi connectivity index (χ1v) is 10.7. The molecule has 0 bridgehead atoms. The quantitative estimate of drug-likeness (QED) is 0.865. The van der Waals surface area contributed by atoms with E-state index in [1.165, 1.54) is 12.8 Å². The van der Waals surface area contributed by atoms with Gasteiger partial charge in [0, 0.05) is 42.8 Å². The molecule has 2 saturated heterocycles. The monoisotopic (exact) mass is 397 g/mol. The van der Waals surface area contributed by atoms with Crippen molar-refractivity contribution in [2.45, 2.75) is 43.5 Å². The fraction of sp³-hybridized carbons (Fsp3) is 0.579. The SMILES string of the molecule is Cc1c(S(=O)(=O)N2CCC(C3CCCN3)CC2)c2ccccc2n1C.Cl. The zero-order chi connectivity index (χ0) is 17.6. The van der Waals surface area contributed by atoms with E-state index in [2.05, 4.69) is 5.32 Å². The molecule has 0 aliphatic carbocycles. The van der Waals surface area contributed by atoms with E-state index < -0.39 is 10.0 Å². The van der Waals surface area contributed by atoms with Crippen LogP contribution in [0.15, 0.2) is 29.2 Å². The lowest BCUT2D eigenvalue weighted by Crippen LogP contribution is -2.43. The molecule has 1 unspecified atom stereocenters. The second-order valence-electron chi connectivity index (χ2n) is 7.44. The molecule has 4 rings (SSSR count). The third-order valence-corrected chi connectivity index (χ3v) is 8.18. The molecular weight excluding hydrogens is 370 g/mol. The first kappa shape index (κ1) is 19.7. The smallest absolute Gasteiger partial charge is 0.245 e. The van der Waals surface area contributed by atoms with Gasteiger partial charge in [0.05, 0.1) is 0 Å². The number of aryl methyl sites for hydroxylation is 1. The lowest BCUT2D eigenvalue weighted by atomic mass is 9.89. The fourth-order valence-electron chi connectivity index (χ4n) is 4.57. The number of halogens is 1. The van der Waals surface area contributed by atoms with E-state index in [-0.39, 0.29) is 12.4 Å². The van der Waals surface area contributed by atoms with Gasteiger partial charge in [0.1, 0.15) is 4.90 Å². The van der Waals surface area contributed by atoms with Gasteiger partial charge >= 0.3 is 0 Å². The Morgan fingerprint density at radius 1 is 1.12 bits per heavy atom. The molecule has 2 aromatic rings. The van der Waals surface area contributed by atoms with Gasteiger partial charge in [-0.05, 0) is 51.1 Å². The molecule has 3 heterocycles. The van der Waals surface area contributed by atoms with Crippen molar-refractivity contribution in [2.24, 2.45) is 13.0 Å². The van der Waals surface area contributed by atoms with Gasteiger partial charge in [-0.25, -0.2) is 8.42 Å². The van der Waals surface area contributed by atoms with Crippen molar-refractivity contribution in [3.05, 3.63) is 30.0 Å². The number of nitrogens with one attached hydrogen (secondary N) is 1. The van der Waals surface area contributed by atoms with Crippen molar-refractivity contribution >= 4 is 33.3 Å². The van der Waals surface area contributed by atoms with Gasteiger partial charge in [-0.2, -0.15) is 4.31 Å². The molecule has 2 aliphatic heterocycles. The van der Waals surface area contributed by atoms with Crippen LogP contribution in [-0.2, 0) is 17.1 Å². The summed E-state index contributed by atoms with van der Waals surface area (Å²) in [6.07, 6.45) is 4.40. The summed E-state index contributed by atoms with van der Waals surface area (Å²) < 4.78 is 30.4. The van der Waals surface area contributed by atoms with Crippen molar-refractivity contribution in [3.63, 3.8) is 0 Å². The zero-order valence-corrected chi connectivity index (χ0v) is 17.1. The molecule has 1 aromatic carbocycles. The standard InChI is InChI=1S/C19H27N3O2S.ClH/c1-14-19(16-6-3-4-8-18(16)21(14)2)25(23,24)22-12-9-15(10-13-22)17-7-5-11-20-17;/h3-4,6,8,15,17,20H,5,7,9-13H2,1-2H3;1H. The normalized spacial score (nSPS) is 22.6. The Morgan fingerprint density at radius 2 is 1.81 bits per heavy atom. The van der Waals surface area contributed by atoms with E-state index in [9.17, 15) is 8.42 Å². The number of rotatable bonds is 3. The van der Waals surface area contributed by atoms with Crippen LogP contribution in [-0.4, -0.2) is 43.0 Å². The number of hydrogen-bond donors (Lipinski definition) is 1. The third-order valence-electron chi connectivity index (χ3n) is 6.11. The Morgan fingerprint density at radius 3 is 2.46 bits per heavy atom. The Kier molecular flexibility index (Phi) is 5.68. The van der Waals surface area contributed by atoms with Gasteiger partial charge in [0.25, 0.3) is 0 Å². The van der Waals surface area contributed by atoms with Crippen LogP contribution < -0.4 is 5.32 Å². The molecule has 0 radical (unpaired) electrons. The van der Waals surface area contributed by atoms with Crippen LogP contribution in [0.4, 0.5) is 0 Å². The van der Waals surface area contributed by atoms with Gasteiger partial charge in [-0.3, -0.25) is 0 Å². The minimum atomic E-state index is -3.45. The highest BCUT2D eigenvalue weighted by atomic mass is 35.5. The molecule has 7 heteroatoms. The van der Waals surface area contributed by atoms with Crippen molar-refractivity contribution in [3.8, 4) is 0 Å². The summed E-state index contributed by atoms with van der Waals surface area (Å²) in [6, 6.07) is 8.37. The summed E-state index contributed by atoms with van der Waals surface area (Å²) in [5.41, 5.74) is 1.80. The first-order chi connectivity index (χ1) is 12.0. The molecular formula is C19H28ClN3O2S. The van der Waals surface area contributed by atoms with E-state index in [1.807, 2.05) is 42.8 Å². The van der Waals surface area contributed by atoms with Gasteiger partial charge in [0.15, 0.2) is 0 Å². The largest absolute Gasteiger partial charge is 0.347 e. The van der Waals surface area contributed by atoms with Gasteiger partial charge < -0.3 is 9.88 Å². The van der Waals surface area contributed by atoms with Crippen LogP contribution in [0.2, 0.25) is 0 Å². The maximum atomic E-state index is 13.4. The molecule has 1 atom stereocenters. The lowest BCUT2D eigenvalue weighted by molar-refractivity contribution is 0.234. The van der Waals surface area contributed by atoms with E-state index >= 15 is 0 Å². The van der Waals surface area contributed by atoms with E-state index in [0.29, 0.717) is 29.9 Å². The highest BCUT2D eigenvalue weighted by Crippen LogP contribution is 2.34. The van der Waals surface area contributed by atoms with Crippen molar-refractivity contribution < 1.29 is 8.42 Å². The number of fused-ring (bicyclic) bond motifs is 1. The maximum absolute atomic E-state index is 13.4. The summed E-state index contributed by atoms with van der Waals surface area (Å²) in [5, 5.41) is 4.41. The number of sulfonamides is 1. The Hall–Kier alpha value is -1.08. The van der Waals surface area contributed by atoms with E-state index in [1.54, 1.807) is 4.31 Å². The molecule has 2 aliphatic rings. The van der Waals surface area contributed by atoms with Gasteiger partial charge in [0.2, 0.25) is 10.0 Å². The van der Waals surface area contributed by atoms with Crippen LogP contribution in [0.1, 0.15) is 31.4 Å². The second-order valence-corrected chi connectivity index (χ2v) is 9.31. The zero-order valence-electron chi connectivity index (χ0n) is 15.4. The summed E-state index contributed by atoms with van der Waals surface area (Å²) in [4.78, 5) is 0.489. The van der Waals surface area contributed by atoms with Crippen LogP contribution in [0.3, 0.4) is 0 Å². The Labute approximate surface area is 162 Å². The highest BCUT2D eigenvalue weighted by Gasteiger charge is 2.35. The van der Waals surface area contributed by atoms with Crippen LogP contribution in [0.5, 0.6) is 0 Å². The number of aromatic nitrogens is 1. The second kappa shape index (κ2) is 7.50. The average Bonchev–Trinajstić information content (AvgIpc) is 3.24. The summed E-state index contributed by atoms with van der Waals surface area (Å²) in [6.45, 7) is 4.28. The molecule has 5 nitrogen and oxygen atoms in total. The fourth-order valence-corrected chi connectivity index (χ4v) is 6.48. The van der Waals surface area contributed by atoms with Gasteiger partial charge in [-0.15, -0.1) is 12.4 Å². The number of benzene rings is 1. The molecule has 2 fully saturated rings. The number of piperidine rings is 1. The average molecular weight is 398 g/mol. The highest BCUT2D eigenvalue weighted by molar-refractivity contribution is 7.89. The summed E-state index contributed by atoms with van der Waals surface area (Å²) in [5.74, 6) is 0.613. The molecule has 1 N–H and O–H groups in total. The topological polar surface area (TPSA) is 54.3 Å². The molecule has 0 amide bonds. The number of nitrogens with zero attached hydrogens (tertiary/aromatic N) is 2. The van der Waals surface area contributed by atoms with Crippen molar-refractivity contribution in [1.29, 1.82) is 0 Å². The van der Waals surface area contributed by atoms with Crippen molar-refractivity contribution in [1.82, 2.24) is 14.2 Å². The summed E-state index contributed by atoms with van der Waals surface area (Å²) >= 11 is 0. The predicted molar refractivity (Wildman–Crippen MR) is 107 cm³/mol. The summed E-state index contributed by atoms with van der Waals surface area (Å²) in [7, 11) is -1.51. The molecule has 0 saturated carbocycles. The van der Waals surface area contributed by atoms with Crippen molar-refractivity contribution in [2.75, 3.05) is 19.6 Å². The van der Waals surface area contributed by atoms with E-state index in [0.717, 1.165) is 36.0 Å². The molecule has 0 spiro atoms. The number of hydrogen-bond acceptors (Lipinski definition) is 3. The Balaban J connectivity index is 0.00000196. The molecule has 1 aromatic heterocycles. The number of para-hydroxylation sites is 1. The van der Waals surface area contributed by atoms with E-state index in [4.69, 9.17) is 0 Å². The lowest BCUT2D eigenvalue weighted by Gasteiger charge is -2.34. The maximum Gasteiger partial charge on any atom is 0.245 e.